The molecule has 4 heteroatoms. The highest BCUT2D eigenvalue weighted by Crippen LogP contribution is 2.13. The molecule has 2 N–H and O–H groups in total. The summed E-state index contributed by atoms with van der Waals surface area (Å²) in [5.74, 6) is 0.194. The van der Waals surface area contributed by atoms with E-state index in [9.17, 15) is 4.79 Å². The van der Waals surface area contributed by atoms with Gasteiger partial charge in [0.15, 0.2) is 0 Å². The summed E-state index contributed by atoms with van der Waals surface area (Å²) < 4.78 is 0. The molecule has 2 atom stereocenters. The number of likely N-dealkylation sites (N-methyl/N-ethyl adjacent to an activating group) is 1. The van der Waals surface area contributed by atoms with E-state index >= 15 is 0 Å². The first-order valence-corrected chi connectivity index (χ1v) is 5.69. The molecule has 0 spiro atoms. The van der Waals surface area contributed by atoms with Crippen LogP contribution in [-0.4, -0.2) is 54.0 Å². The molecule has 1 amide bonds. The van der Waals surface area contributed by atoms with Crippen LogP contribution in [0.5, 0.6) is 0 Å². The van der Waals surface area contributed by atoms with Crippen LogP contribution in [-0.2, 0) is 4.79 Å². The molecule has 1 fully saturated rings. The Hall–Kier alpha value is -0.610. The van der Waals surface area contributed by atoms with E-state index in [0.29, 0.717) is 0 Å². The molecule has 1 aliphatic heterocycles. The highest BCUT2D eigenvalue weighted by Gasteiger charge is 2.29. The van der Waals surface area contributed by atoms with E-state index < -0.39 is 0 Å². The van der Waals surface area contributed by atoms with Crippen LogP contribution in [0.2, 0.25) is 0 Å². The number of nitrogens with zero attached hydrogens (tertiary/aromatic N) is 2. The Morgan fingerprint density at radius 1 is 1.47 bits per heavy atom. The van der Waals surface area contributed by atoms with Gasteiger partial charge in [0.05, 0.1) is 6.04 Å². The van der Waals surface area contributed by atoms with E-state index in [-0.39, 0.29) is 24.0 Å². The molecule has 4 nitrogen and oxygen atoms in total. The van der Waals surface area contributed by atoms with E-state index in [1.807, 2.05) is 27.8 Å². The van der Waals surface area contributed by atoms with Gasteiger partial charge in [-0.2, -0.15) is 0 Å². The molecule has 0 aromatic heterocycles. The Balaban J connectivity index is 2.53. The Morgan fingerprint density at radius 3 is 2.47 bits per heavy atom. The maximum absolute atomic E-state index is 12.0. The van der Waals surface area contributed by atoms with E-state index in [1.54, 1.807) is 4.90 Å². The lowest BCUT2D eigenvalue weighted by Crippen LogP contribution is -2.47. The third-order valence-corrected chi connectivity index (χ3v) is 3.28. The predicted molar refractivity (Wildman–Crippen MR) is 61.5 cm³/mol. The lowest BCUT2D eigenvalue weighted by Gasteiger charge is -2.30. The first kappa shape index (κ1) is 12.5. The quantitative estimate of drug-likeness (QED) is 0.732. The monoisotopic (exact) mass is 213 g/mol. The second kappa shape index (κ2) is 4.94. The second-order valence-electron chi connectivity index (χ2n) is 4.76. The molecule has 0 aromatic carbocycles. The molecule has 0 saturated carbocycles. The number of hydrogen-bond acceptors (Lipinski definition) is 3. The predicted octanol–water partition coefficient (Wildman–Crippen LogP) is 0.275. The molecule has 0 aromatic rings. The fraction of sp³-hybridized carbons (Fsp3) is 0.909. The van der Waals surface area contributed by atoms with Crippen molar-refractivity contribution >= 4 is 5.91 Å². The van der Waals surface area contributed by atoms with Crippen LogP contribution in [0.4, 0.5) is 0 Å². The molecule has 88 valence electrons. The first-order valence-electron chi connectivity index (χ1n) is 5.69. The zero-order chi connectivity index (χ0) is 11.6. The van der Waals surface area contributed by atoms with Crippen molar-refractivity contribution in [2.24, 2.45) is 5.73 Å². The van der Waals surface area contributed by atoms with Gasteiger partial charge >= 0.3 is 0 Å². The molecule has 1 unspecified atom stereocenters. The lowest BCUT2D eigenvalue weighted by molar-refractivity contribution is -0.136. The van der Waals surface area contributed by atoms with Crippen molar-refractivity contribution < 1.29 is 4.79 Å². The van der Waals surface area contributed by atoms with E-state index in [0.717, 1.165) is 19.5 Å². The molecule has 1 heterocycles. The van der Waals surface area contributed by atoms with E-state index in [2.05, 4.69) is 4.90 Å². The number of hydrogen-bond donors (Lipinski definition) is 1. The smallest absolute Gasteiger partial charge is 0.239 e. The zero-order valence-corrected chi connectivity index (χ0v) is 10.2. The van der Waals surface area contributed by atoms with Crippen LogP contribution >= 0.6 is 0 Å². The molecule has 1 rings (SSSR count). The standard InChI is InChI=1S/C11H23N3O/c1-8(2)13(4)11(15)9(3)14-6-5-10(12)7-14/h8-10H,5-7,12H2,1-4H3/t9?,10-/m1/s1. The third-order valence-electron chi connectivity index (χ3n) is 3.28. The van der Waals surface area contributed by atoms with Gasteiger partial charge in [0.2, 0.25) is 5.91 Å². The molecule has 0 radical (unpaired) electrons. The van der Waals surface area contributed by atoms with Gasteiger partial charge in [0, 0.05) is 32.2 Å². The molecule has 1 aliphatic rings. The van der Waals surface area contributed by atoms with Gasteiger partial charge in [0.25, 0.3) is 0 Å². The van der Waals surface area contributed by atoms with Crippen molar-refractivity contribution in [3.63, 3.8) is 0 Å². The van der Waals surface area contributed by atoms with Crippen molar-refractivity contribution in [1.82, 2.24) is 9.80 Å². The van der Waals surface area contributed by atoms with Gasteiger partial charge in [-0.15, -0.1) is 0 Å². The summed E-state index contributed by atoms with van der Waals surface area (Å²) in [6.07, 6.45) is 1.00. The molecular formula is C11H23N3O. The number of likely N-dealkylation sites (tertiary alicyclic amines) is 1. The molecular weight excluding hydrogens is 190 g/mol. The zero-order valence-electron chi connectivity index (χ0n) is 10.2. The fourth-order valence-electron chi connectivity index (χ4n) is 1.87. The molecule has 15 heavy (non-hydrogen) atoms. The minimum atomic E-state index is -0.0362. The fourth-order valence-corrected chi connectivity index (χ4v) is 1.87. The highest BCUT2D eigenvalue weighted by molar-refractivity contribution is 5.81. The minimum Gasteiger partial charge on any atom is -0.342 e. The average Bonchev–Trinajstić information content (AvgIpc) is 2.61. The van der Waals surface area contributed by atoms with Crippen molar-refractivity contribution in [3.05, 3.63) is 0 Å². The maximum atomic E-state index is 12.0. The largest absolute Gasteiger partial charge is 0.342 e. The number of amides is 1. The normalized spacial score (nSPS) is 24.5. The van der Waals surface area contributed by atoms with Gasteiger partial charge < -0.3 is 10.6 Å². The molecule has 1 saturated heterocycles. The Kier molecular flexibility index (Phi) is 4.11. The van der Waals surface area contributed by atoms with Gasteiger partial charge in [-0.25, -0.2) is 0 Å². The van der Waals surface area contributed by atoms with Crippen LogP contribution < -0.4 is 5.73 Å². The Bertz CT molecular complexity index is 230. The van der Waals surface area contributed by atoms with Crippen LogP contribution in [0, 0.1) is 0 Å². The van der Waals surface area contributed by atoms with Crippen molar-refractivity contribution in [3.8, 4) is 0 Å². The summed E-state index contributed by atoms with van der Waals surface area (Å²) in [5, 5.41) is 0. The van der Waals surface area contributed by atoms with Crippen LogP contribution in [0.15, 0.2) is 0 Å². The topological polar surface area (TPSA) is 49.6 Å². The van der Waals surface area contributed by atoms with Crippen molar-refractivity contribution in [2.45, 2.75) is 45.3 Å². The number of rotatable bonds is 3. The van der Waals surface area contributed by atoms with Crippen LogP contribution in [0.25, 0.3) is 0 Å². The lowest BCUT2D eigenvalue weighted by atomic mass is 10.2. The van der Waals surface area contributed by atoms with Crippen LogP contribution in [0.3, 0.4) is 0 Å². The number of nitrogens with two attached hydrogens (primary N) is 1. The minimum absolute atomic E-state index is 0.0362. The first-order chi connectivity index (χ1) is 6.93. The summed E-state index contributed by atoms with van der Waals surface area (Å²) in [6, 6.07) is 0.465. The van der Waals surface area contributed by atoms with Gasteiger partial charge in [-0.3, -0.25) is 9.69 Å². The molecule has 0 bridgehead atoms. The SMILES string of the molecule is CC(C(=O)N(C)C(C)C)N1CC[C@@H](N)C1. The van der Waals surface area contributed by atoms with Crippen molar-refractivity contribution in [2.75, 3.05) is 20.1 Å². The van der Waals surface area contributed by atoms with Crippen molar-refractivity contribution in [1.29, 1.82) is 0 Å². The Morgan fingerprint density at radius 2 is 2.07 bits per heavy atom. The van der Waals surface area contributed by atoms with Gasteiger partial charge in [0.1, 0.15) is 0 Å². The van der Waals surface area contributed by atoms with E-state index in [1.165, 1.54) is 0 Å². The van der Waals surface area contributed by atoms with Gasteiger partial charge in [-0.1, -0.05) is 0 Å². The second-order valence-corrected chi connectivity index (χ2v) is 4.76. The van der Waals surface area contributed by atoms with Gasteiger partial charge in [-0.05, 0) is 27.2 Å². The third kappa shape index (κ3) is 2.92. The summed E-state index contributed by atoms with van der Waals surface area (Å²) >= 11 is 0. The Labute approximate surface area is 92.4 Å². The summed E-state index contributed by atoms with van der Waals surface area (Å²) in [4.78, 5) is 16.0. The summed E-state index contributed by atoms with van der Waals surface area (Å²) in [5.41, 5.74) is 5.83. The molecule has 0 aliphatic carbocycles. The summed E-state index contributed by atoms with van der Waals surface area (Å²) in [6.45, 7) is 7.82. The highest BCUT2D eigenvalue weighted by atomic mass is 16.2. The maximum Gasteiger partial charge on any atom is 0.239 e. The average molecular weight is 213 g/mol. The van der Waals surface area contributed by atoms with E-state index in [4.69, 9.17) is 5.73 Å². The number of carbonyl (C=O) groups is 1. The number of carbonyl (C=O) groups excluding carboxylic acids is 1. The van der Waals surface area contributed by atoms with Crippen LogP contribution in [0.1, 0.15) is 27.2 Å². The summed E-state index contributed by atoms with van der Waals surface area (Å²) in [7, 11) is 1.86.